The minimum absolute atomic E-state index is 0.00878. The van der Waals surface area contributed by atoms with Crippen LogP contribution in [0, 0.1) is 5.41 Å². The van der Waals surface area contributed by atoms with Gasteiger partial charge >= 0.3 is 21.1 Å². The van der Waals surface area contributed by atoms with E-state index in [1.807, 2.05) is 0 Å². The van der Waals surface area contributed by atoms with Gasteiger partial charge in [0.25, 0.3) is 0 Å². The maximum absolute atomic E-state index is 14.4. The number of benzene rings is 1. The Kier molecular flexibility index (Phi) is 5.73. The number of fused-ring (bicyclic) bond motifs is 1. The fraction of sp³-hybridized carbons (Fsp3) is 0.529. The minimum Gasteiger partial charge on any atom is -0.196 e. The van der Waals surface area contributed by atoms with E-state index < -0.39 is 46.7 Å². The van der Waals surface area contributed by atoms with Gasteiger partial charge in [-0.25, -0.2) is 0 Å². The lowest BCUT2D eigenvalue weighted by atomic mass is 9.95. The Bertz CT molecular complexity index is 895. The number of rotatable bonds is 4. The Morgan fingerprint density at radius 1 is 1.04 bits per heavy atom. The summed E-state index contributed by atoms with van der Waals surface area (Å²) in [6, 6.07) is 4.04. The van der Waals surface area contributed by atoms with Crippen LogP contribution < -0.4 is 0 Å². The molecule has 0 spiro atoms. The summed E-state index contributed by atoms with van der Waals surface area (Å²) < 4.78 is 109. The fourth-order valence-corrected chi connectivity index (χ4v) is 7.86. The predicted molar refractivity (Wildman–Crippen MR) is 95.8 cm³/mol. The van der Waals surface area contributed by atoms with Gasteiger partial charge in [0.15, 0.2) is 0 Å². The zero-order chi connectivity index (χ0) is 21.8. The molecule has 0 N–H and O–H groups in total. The second-order valence-corrected chi connectivity index (χ2v) is 11.7. The maximum Gasteiger partial charge on any atom is 0.523 e. The molecule has 2 rings (SSSR count). The van der Waals surface area contributed by atoms with Crippen molar-refractivity contribution in [3.8, 4) is 0 Å². The molecule has 0 fully saturated rings. The van der Waals surface area contributed by atoms with Crippen molar-refractivity contribution in [3.63, 3.8) is 0 Å². The van der Waals surface area contributed by atoms with E-state index in [4.69, 9.17) is 0 Å². The highest BCUT2D eigenvalue weighted by atomic mass is 32.3. The summed E-state index contributed by atoms with van der Waals surface area (Å²) >= 11 is 0. The molecular formula is C17H20F6O3S2. The second kappa shape index (κ2) is 6.94. The summed E-state index contributed by atoms with van der Waals surface area (Å²) in [5.41, 5.74) is -12.2. The van der Waals surface area contributed by atoms with Gasteiger partial charge in [0.1, 0.15) is 0 Å². The van der Waals surface area contributed by atoms with Crippen molar-refractivity contribution in [1.82, 2.24) is 0 Å². The molecule has 28 heavy (non-hydrogen) atoms. The average Bonchev–Trinajstić information content (AvgIpc) is 2.81. The molecule has 1 unspecified atom stereocenters. The first-order valence-electron chi connectivity index (χ1n) is 8.24. The van der Waals surface area contributed by atoms with E-state index in [2.05, 4.69) is 3.63 Å². The Balaban J connectivity index is 2.88. The van der Waals surface area contributed by atoms with E-state index in [9.17, 15) is 34.8 Å². The third kappa shape index (κ3) is 3.80. The van der Waals surface area contributed by atoms with Crippen LogP contribution >= 0.6 is 10.3 Å². The lowest BCUT2D eigenvalue weighted by molar-refractivity contribution is -0.0548. The number of hydrogen-bond acceptors (Lipinski definition) is 3. The number of aryl methyl sites for hydroxylation is 1. The molecule has 1 heterocycles. The molecule has 3 nitrogen and oxygen atoms in total. The van der Waals surface area contributed by atoms with Crippen LogP contribution in [0.5, 0.6) is 0 Å². The molecule has 0 amide bonds. The monoisotopic (exact) mass is 450 g/mol. The SMILES string of the molecule is CCCc1ccc2c(c1)S(OS(=O)(=O)C(F)(F)F)(C(F)(F)F)C(C(C)(C)C)=C2. The molecule has 11 heteroatoms. The topological polar surface area (TPSA) is 43.4 Å². The highest BCUT2D eigenvalue weighted by Gasteiger charge is 2.65. The van der Waals surface area contributed by atoms with Crippen LogP contribution in [0.1, 0.15) is 45.2 Å². The van der Waals surface area contributed by atoms with Crippen LogP contribution in [0.2, 0.25) is 0 Å². The predicted octanol–water partition coefficient (Wildman–Crippen LogP) is 6.50. The van der Waals surface area contributed by atoms with Gasteiger partial charge in [0, 0.05) is 20.1 Å². The Labute approximate surface area is 161 Å². The summed E-state index contributed by atoms with van der Waals surface area (Å²) in [4.78, 5) is -1.09. The van der Waals surface area contributed by atoms with Crippen molar-refractivity contribution in [2.45, 2.75) is 56.4 Å². The first-order valence-corrected chi connectivity index (χ1v) is 11.2. The summed E-state index contributed by atoms with van der Waals surface area (Å²) in [6.07, 6.45) is 2.08. The summed E-state index contributed by atoms with van der Waals surface area (Å²) in [5.74, 6) is 0. The van der Waals surface area contributed by atoms with Crippen LogP contribution in [0.25, 0.3) is 6.08 Å². The van der Waals surface area contributed by atoms with Crippen LogP contribution in [-0.4, -0.2) is 19.4 Å². The highest BCUT2D eigenvalue weighted by molar-refractivity contribution is 8.37. The van der Waals surface area contributed by atoms with Crippen LogP contribution in [-0.2, 0) is 20.2 Å². The number of hydrogen-bond donors (Lipinski definition) is 0. The van der Waals surface area contributed by atoms with Crippen LogP contribution in [0.3, 0.4) is 0 Å². The van der Waals surface area contributed by atoms with Crippen LogP contribution in [0.15, 0.2) is 28.0 Å². The van der Waals surface area contributed by atoms with Gasteiger partial charge in [-0.1, -0.05) is 46.2 Å². The van der Waals surface area contributed by atoms with Crippen molar-refractivity contribution >= 4 is 26.5 Å². The second-order valence-electron chi connectivity index (χ2n) is 7.35. The Morgan fingerprint density at radius 3 is 2.04 bits per heavy atom. The van der Waals surface area contributed by atoms with E-state index in [1.165, 1.54) is 26.8 Å². The number of halogens is 6. The van der Waals surface area contributed by atoms with E-state index in [-0.39, 0.29) is 5.56 Å². The molecule has 0 aliphatic carbocycles. The summed E-state index contributed by atoms with van der Waals surface area (Å²) in [5, 5.41) is 0. The lowest BCUT2D eigenvalue weighted by Crippen LogP contribution is -2.34. The molecule has 0 radical (unpaired) electrons. The van der Waals surface area contributed by atoms with Crippen molar-refractivity contribution in [1.29, 1.82) is 0 Å². The zero-order valence-corrected chi connectivity index (χ0v) is 17.2. The number of allylic oxidation sites excluding steroid dienone is 1. The van der Waals surface area contributed by atoms with Gasteiger partial charge in [-0.15, -0.1) is 0 Å². The first-order chi connectivity index (χ1) is 12.5. The average molecular weight is 450 g/mol. The van der Waals surface area contributed by atoms with E-state index in [0.29, 0.717) is 18.4 Å². The minimum atomic E-state index is -6.51. The molecule has 1 aromatic rings. The Morgan fingerprint density at radius 2 is 1.61 bits per heavy atom. The standard InChI is InChI=1S/C17H20F6O3S2/c1-5-6-11-7-8-12-10-14(15(2,3)4)27(13(12)9-11,16(18,19)20)26-28(24,25)17(21,22)23/h7-10H,5-6H2,1-4H3. The maximum atomic E-state index is 14.4. The van der Waals surface area contributed by atoms with Gasteiger partial charge < -0.3 is 0 Å². The smallest absolute Gasteiger partial charge is 0.196 e. The molecule has 0 aromatic heterocycles. The lowest BCUT2D eigenvalue weighted by Gasteiger charge is -2.43. The van der Waals surface area contributed by atoms with E-state index >= 15 is 0 Å². The van der Waals surface area contributed by atoms with Gasteiger partial charge in [0.05, 0.1) is 0 Å². The molecule has 1 atom stereocenters. The normalized spacial score (nSPS) is 23.1. The molecule has 0 saturated heterocycles. The third-order valence-corrected chi connectivity index (χ3v) is 9.14. The van der Waals surface area contributed by atoms with Gasteiger partial charge in [0.2, 0.25) is 0 Å². The molecule has 0 bridgehead atoms. The molecular weight excluding hydrogens is 430 g/mol. The molecule has 1 aliphatic heterocycles. The van der Waals surface area contributed by atoms with Gasteiger partial charge in [-0.05, 0) is 35.1 Å². The number of alkyl halides is 6. The Hall–Kier alpha value is -1.20. The zero-order valence-electron chi connectivity index (χ0n) is 15.5. The molecule has 160 valence electrons. The van der Waals surface area contributed by atoms with Gasteiger partial charge in [-0.3, -0.25) is 0 Å². The highest BCUT2D eigenvalue weighted by Crippen LogP contribution is 2.80. The summed E-state index contributed by atoms with van der Waals surface area (Å²) in [7, 11) is -11.5. The molecule has 0 saturated carbocycles. The van der Waals surface area contributed by atoms with Crippen LogP contribution in [0.4, 0.5) is 26.3 Å². The van der Waals surface area contributed by atoms with Crippen molar-refractivity contribution in [2.24, 2.45) is 5.41 Å². The quantitative estimate of drug-likeness (QED) is 0.388. The molecule has 1 aliphatic rings. The van der Waals surface area contributed by atoms with Crippen molar-refractivity contribution < 1.29 is 38.4 Å². The third-order valence-electron chi connectivity index (χ3n) is 4.06. The fourth-order valence-electron chi connectivity index (χ4n) is 2.92. The first kappa shape index (κ1) is 23.1. The molecule has 1 aromatic carbocycles. The summed E-state index contributed by atoms with van der Waals surface area (Å²) in [6.45, 7) is 5.90. The van der Waals surface area contributed by atoms with Crippen molar-refractivity contribution in [3.05, 3.63) is 34.2 Å². The van der Waals surface area contributed by atoms with Gasteiger partial charge in [-0.2, -0.15) is 38.4 Å². The van der Waals surface area contributed by atoms with E-state index in [0.717, 1.165) is 12.1 Å². The van der Waals surface area contributed by atoms with Crippen molar-refractivity contribution in [2.75, 3.05) is 0 Å². The van der Waals surface area contributed by atoms with E-state index in [1.54, 1.807) is 13.0 Å². The largest absolute Gasteiger partial charge is 0.523 e.